The Bertz CT molecular complexity index is 377. The highest BCUT2D eigenvalue weighted by Crippen LogP contribution is 2.22. The highest BCUT2D eigenvalue weighted by molar-refractivity contribution is 9.09. The van der Waals surface area contributed by atoms with Gasteiger partial charge in [-0.25, -0.2) is 0 Å². The maximum Gasteiger partial charge on any atom is 0.261 e. The van der Waals surface area contributed by atoms with Crippen molar-refractivity contribution in [3.8, 4) is 5.75 Å². The van der Waals surface area contributed by atoms with Crippen molar-refractivity contribution >= 4 is 33.2 Å². The molecule has 1 atom stereocenters. The lowest BCUT2D eigenvalue weighted by Gasteiger charge is -2.19. The summed E-state index contributed by atoms with van der Waals surface area (Å²) < 4.78 is 5.06. The fraction of sp³-hybridized carbons (Fsp3) is 0.615. The predicted molar refractivity (Wildman–Crippen MR) is 80.0 cm³/mol. The minimum Gasteiger partial charge on any atom is -0.496 e. The number of carbonyl (C=O) groups is 1. The van der Waals surface area contributed by atoms with E-state index < -0.39 is 0 Å². The first-order valence-electron chi connectivity index (χ1n) is 6.17. The van der Waals surface area contributed by atoms with Gasteiger partial charge in [-0.15, -0.1) is 11.3 Å². The SMILES string of the molecule is CCC(CC)C(Br)CNC(=O)c1cc(OC)cs1. The van der Waals surface area contributed by atoms with Gasteiger partial charge in [-0.05, 0) is 5.92 Å². The van der Waals surface area contributed by atoms with Crippen LogP contribution in [0.2, 0.25) is 0 Å². The summed E-state index contributed by atoms with van der Waals surface area (Å²) in [5.74, 6) is 1.31. The normalized spacial score (nSPS) is 12.5. The predicted octanol–water partition coefficient (Wildman–Crippen LogP) is 3.69. The smallest absolute Gasteiger partial charge is 0.261 e. The van der Waals surface area contributed by atoms with Crippen molar-refractivity contribution in [1.82, 2.24) is 5.32 Å². The molecule has 3 nitrogen and oxygen atoms in total. The average molecular weight is 334 g/mol. The highest BCUT2D eigenvalue weighted by atomic mass is 79.9. The zero-order chi connectivity index (χ0) is 13.5. The molecule has 1 rings (SSSR count). The molecule has 0 fully saturated rings. The van der Waals surface area contributed by atoms with Gasteiger partial charge in [-0.1, -0.05) is 42.6 Å². The third-order valence-corrected chi connectivity index (χ3v) is 5.03. The summed E-state index contributed by atoms with van der Waals surface area (Å²) in [6.45, 7) is 5.01. The number of nitrogens with one attached hydrogen (secondary N) is 1. The van der Waals surface area contributed by atoms with Crippen LogP contribution in [-0.4, -0.2) is 24.4 Å². The second kappa shape index (κ2) is 7.79. The van der Waals surface area contributed by atoms with E-state index in [9.17, 15) is 4.79 Å². The topological polar surface area (TPSA) is 38.3 Å². The molecule has 5 heteroatoms. The van der Waals surface area contributed by atoms with Crippen LogP contribution in [0.25, 0.3) is 0 Å². The van der Waals surface area contributed by atoms with Crippen molar-refractivity contribution in [1.29, 1.82) is 0 Å². The summed E-state index contributed by atoms with van der Waals surface area (Å²) in [7, 11) is 1.60. The maximum atomic E-state index is 11.9. The molecule has 0 saturated heterocycles. The molecule has 102 valence electrons. The molecular weight excluding hydrogens is 314 g/mol. The molecule has 0 bridgehead atoms. The third-order valence-electron chi connectivity index (χ3n) is 3.05. The Morgan fingerprint density at radius 2 is 2.17 bits per heavy atom. The first kappa shape index (κ1) is 15.5. The lowest BCUT2D eigenvalue weighted by Crippen LogP contribution is -2.32. The molecule has 0 spiro atoms. The quantitative estimate of drug-likeness (QED) is 0.773. The van der Waals surface area contributed by atoms with Crippen molar-refractivity contribution in [2.75, 3.05) is 13.7 Å². The van der Waals surface area contributed by atoms with E-state index in [4.69, 9.17) is 4.74 Å². The van der Waals surface area contributed by atoms with Crippen LogP contribution in [0.4, 0.5) is 0 Å². The number of hydrogen-bond acceptors (Lipinski definition) is 3. The maximum absolute atomic E-state index is 11.9. The van der Waals surface area contributed by atoms with Crippen LogP contribution in [0, 0.1) is 5.92 Å². The van der Waals surface area contributed by atoms with Gasteiger partial charge in [0.2, 0.25) is 0 Å². The number of thiophene rings is 1. The van der Waals surface area contributed by atoms with E-state index in [1.165, 1.54) is 11.3 Å². The molecule has 0 aromatic carbocycles. The van der Waals surface area contributed by atoms with Crippen molar-refractivity contribution < 1.29 is 9.53 Å². The number of hydrogen-bond donors (Lipinski definition) is 1. The van der Waals surface area contributed by atoms with E-state index in [0.29, 0.717) is 22.2 Å². The standard InChI is InChI=1S/C13H20BrNO2S/c1-4-9(5-2)11(14)7-15-13(16)12-6-10(17-3)8-18-12/h6,8-9,11H,4-5,7H2,1-3H3,(H,15,16). The van der Waals surface area contributed by atoms with E-state index in [-0.39, 0.29) is 5.91 Å². The molecule has 1 amide bonds. The van der Waals surface area contributed by atoms with E-state index in [0.717, 1.165) is 18.6 Å². The van der Waals surface area contributed by atoms with Gasteiger partial charge in [0.1, 0.15) is 5.75 Å². The lowest BCUT2D eigenvalue weighted by atomic mass is 9.99. The van der Waals surface area contributed by atoms with Gasteiger partial charge in [-0.3, -0.25) is 4.79 Å². The van der Waals surface area contributed by atoms with E-state index in [1.807, 2.05) is 5.38 Å². The summed E-state index contributed by atoms with van der Waals surface area (Å²) >= 11 is 5.05. The summed E-state index contributed by atoms with van der Waals surface area (Å²) in [6, 6.07) is 1.76. The fourth-order valence-electron chi connectivity index (χ4n) is 1.79. The van der Waals surface area contributed by atoms with Crippen molar-refractivity contribution in [3.05, 3.63) is 16.3 Å². The largest absolute Gasteiger partial charge is 0.496 e. The molecule has 0 aliphatic rings. The highest BCUT2D eigenvalue weighted by Gasteiger charge is 2.17. The van der Waals surface area contributed by atoms with Gasteiger partial charge in [0.15, 0.2) is 0 Å². The van der Waals surface area contributed by atoms with Crippen molar-refractivity contribution in [2.24, 2.45) is 5.92 Å². The zero-order valence-corrected chi connectivity index (χ0v) is 13.4. The summed E-state index contributed by atoms with van der Waals surface area (Å²) in [4.78, 5) is 12.9. The molecule has 0 radical (unpaired) electrons. The molecule has 1 N–H and O–H groups in total. The number of methoxy groups -OCH3 is 1. The monoisotopic (exact) mass is 333 g/mol. The molecule has 0 saturated carbocycles. The van der Waals surface area contributed by atoms with E-state index >= 15 is 0 Å². The zero-order valence-electron chi connectivity index (χ0n) is 11.0. The van der Waals surface area contributed by atoms with Gasteiger partial charge in [0.05, 0.1) is 12.0 Å². The number of amides is 1. The van der Waals surface area contributed by atoms with Crippen LogP contribution in [0.3, 0.4) is 0 Å². The Labute approximate surface area is 121 Å². The van der Waals surface area contributed by atoms with Crippen LogP contribution in [0.5, 0.6) is 5.75 Å². The molecule has 1 heterocycles. The van der Waals surface area contributed by atoms with Gasteiger partial charge in [-0.2, -0.15) is 0 Å². The second-order valence-electron chi connectivity index (χ2n) is 4.15. The molecule has 1 unspecified atom stereocenters. The first-order chi connectivity index (χ1) is 8.62. The minimum atomic E-state index is -0.0290. The van der Waals surface area contributed by atoms with Crippen LogP contribution in [0.15, 0.2) is 11.4 Å². The van der Waals surface area contributed by atoms with Gasteiger partial charge in [0.25, 0.3) is 5.91 Å². The Balaban J connectivity index is 2.45. The Kier molecular flexibility index (Phi) is 6.71. The van der Waals surface area contributed by atoms with Crippen LogP contribution < -0.4 is 10.1 Å². The van der Waals surface area contributed by atoms with Crippen LogP contribution in [-0.2, 0) is 0 Å². The minimum absolute atomic E-state index is 0.0290. The van der Waals surface area contributed by atoms with Gasteiger partial charge in [0, 0.05) is 22.8 Å². The average Bonchev–Trinajstić information content (AvgIpc) is 2.86. The molecular formula is C13H20BrNO2S. The first-order valence-corrected chi connectivity index (χ1v) is 7.96. The van der Waals surface area contributed by atoms with Gasteiger partial charge < -0.3 is 10.1 Å². The third kappa shape index (κ3) is 4.28. The molecule has 0 aliphatic heterocycles. The van der Waals surface area contributed by atoms with E-state index in [2.05, 4.69) is 35.1 Å². The molecule has 18 heavy (non-hydrogen) atoms. The second-order valence-corrected chi connectivity index (χ2v) is 6.24. The number of alkyl halides is 1. The van der Waals surface area contributed by atoms with Crippen molar-refractivity contribution in [3.63, 3.8) is 0 Å². The molecule has 0 aliphatic carbocycles. The number of halogens is 1. The van der Waals surface area contributed by atoms with Crippen LogP contribution >= 0.6 is 27.3 Å². The molecule has 1 aromatic rings. The summed E-state index contributed by atoms with van der Waals surface area (Å²) in [5, 5.41) is 4.79. The summed E-state index contributed by atoms with van der Waals surface area (Å²) in [6.07, 6.45) is 2.24. The fourth-order valence-corrected chi connectivity index (χ4v) is 3.47. The number of carbonyl (C=O) groups excluding carboxylic acids is 1. The summed E-state index contributed by atoms with van der Waals surface area (Å²) in [5.41, 5.74) is 0. The van der Waals surface area contributed by atoms with Crippen LogP contribution in [0.1, 0.15) is 36.4 Å². The molecule has 1 aromatic heterocycles. The van der Waals surface area contributed by atoms with E-state index in [1.54, 1.807) is 13.2 Å². The lowest BCUT2D eigenvalue weighted by molar-refractivity contribution is 0.0956. The Morgan fingerprint density at radius 1 is 1.50 bits per heavy atom. The van der Waals surface area contributed by atoms with Crippen molar-refractivity contribution in [2.45, 2.75) is 31.5 Å². The number of ether oxygens (including phenoxy) is 1. The Hall–Kier alpha value is -0.550. The van der Waals surface area contributed by atoms with Gasteiger partial charge >= 0.3 is 0 Å². The Morgan fingerprint density at radius 3 is 2.67 bits per heavy atom. The number of rotatable bonds is 7.